The molecule has 35 heavy (non-hydrogen) atoms. The smallest absolute Gasteiger partial charge is 0.403 e. The van der Waals surface area contributed by atoms with Gasteiger partial charge in [0, 0.05) is 18.7 Å². The second kappa shape index (κ2) is 9.10. The topological polar surface area (TPSA) is 187 Å². The summed E-state index contributed by atoms with van der Waals surface area (Å²) in [5, 5.41) is 26.5. The zero-order chi connectivity index (χ0) is 25.5. The number of hydrogen-bond acceptors (Lipinski definition) is 12. The molecule has 0 radical (unpaired) electrons. The monoisotopic (exact) mass is 545 g/mol. The summed E-state index contributed by atoms with van der Waals surface area (Å²) in [6.07, 6.45) is -2.96. The number of anilines is 2. The highest BCUT2D eigenvalue weighted by Gasteiger charge is 2.39. The van der Waals surface area contributed by atoms with Gasteiger partial charge in [-0.2, -0.15) is 0 Å². The van der Waals surface area contributed by atoms with E-state index in [1.54, 1.807) is 0 Å². The molecule has 4 rings (SSSR count). The fourth-order valence-electron chi connectivity index (χ4n) is 3.02. The molecule has 13 nitrogen and oxygen atoms in total. The number of sulfonamides is 1. The number of carbonyl (C=O) groups excluding carboxylic acids is 2. The molecule has 0 saturated heterocycles. The molecular formula is C19H16ClN3O10S2. The first-order valence-corrected chi connectivity index (χ1v) is 12.2. The van der Waals surface area contributed by atoms with Crippen molar-refractivity contribution in [2.75, 3.05) is 23.8 Å². The molecule has 0 saturated carbocycles. The number of aryl methyl sites for hydroxylation is 1. The van der Waals surface area contributed by atoms with E-state index in [0.717, 1.165) is 23.5 Å². The Morgan fingerprint density at radius 1 is 1.26 bits per heavy atom. The van der Waals surface area contributed by atoms with E-state index in [1.807, 2.05) is 0 Å². The number of Topliss-reactive ketones (excluding diaryl/α,β-unsaturated/α-hetero) is 1. The van der Waals surface area contributed by atoms with E-state index >= 15 is 0 Å². The molecule has 0 unspecified atom stereocenters. The van der Waals surface area contributed by atoms with Crippen LogP contribution in [0.5, 0.6) is 11.5 Å². The lowest BCUT2D eigenvalue weighted by Crippen LogP contribution is -2.37. The molecule has 0 fully saturated rings. The fourth-order valence-corrected chi connectivity index (χ4v) is 5.51. The van der Waals surface area contributed by atoms with Gasteiger partial charge < -0.3 is 24.1 Å². The summed E-state index contributed by atoms with van der Waals surface area (Å²) in [7, 11) is -3.04. The Morgan fingerprint density at radius 2 is 1.94 bits per heavy atom. The van der Waals surface area contributed by atoms with Crippen molar-refractivity contribution in [3.63, 3.8) is 0 Å². The van der Waals surface area contributed by atoms with Crippen molar-refractivity contribution >= 4 is 56.2 Å². The summed E-state index contributed by atoms with van der Waals surface area (Å²) < 4.78 is 47.2. The van der Waals surface area contributed by atoms with E-state index in [1.165, 1.54) is 25.5 Å². The summed E-state index contributed by atoms with van der Waals surface area (Å²) in [5.74, 6) is -2.14. The summed E-state index contributed by atoms with van der Waals surface area (Å²) in [6.45, 7) is 1.14. The zero-order valence-electron chi connectivity index (χ0n) is 17.8. The molecule has 1 amide bonds. The molecule has 0 spiro atoms. The van der Waals surface area contributed by atoms with Crippen molar-refractivity contribution < 1.29 is 47.0 Å². The minimum absolute atomic E-state index is 0.0414. The van der Waals surface area contributed by atoms with Crippen molar-refractivity contribution in [2.24, 2.45) is 0 Å². The fraction of sp³-hybridized carbons (Fsp3) is 0.211. The Bertz CT molecular complexity index is 1430. The van der Waals surface area contributed by atoms with Gasteiger partial charge in [-0.15, -0.1) is 11.3 Å². The number of nitrogens with one attached hydrogen (secondary N) is 2. The molecule has 0 atom stereocenters. The van der Waals surface area contributed by atoms with Gasteiger partial charge in [0.05, 0.1) is 5.69 Å². The van der Waals surface area contributed by atoms with Gasteiger partial charge in [-0.3, -0.25) is 19.8 Å². The predicted octanol–water partition coefficient (Wildman–Crippen LogP) is 1.95. The van der Waals surface area contributed by atoms with Gasteiger partial charge in [0.1, 0.15) is 27.1 Å². The molecule has 186 valence electrons. The highest BCUT2D eigenvalue weighted by Crippen LogP contribution is 2.41. The van der Waals surface area contributed by atoms with Crippen LogP contribution in [0.25, 0.3) is 0 Å². The lowest BCUT2D eigenvalue weighted by Gasteiger charge is -2.12. The van der Waals surface area contributed by atoms with E-state index < -0.39 is 27.9 Å². The molecule has 3 aromatic rings. The van der Waals surface area contributed by atoms with Gasteiger partial charge in [0.25, 0.3) is 21.8 Å². The first-order chi connectivity index (χ1) is 16.4. The van der Waals surface area contributed by atoms with Crippen LogP contribution in [0.3, 0.4) is 0 Å². The van der Waals surface area contributed by atoms with E-state index in [4.69, 9.17) is 30.3 Å². The van der Waals surface area contributed by atoms with Crippen molar-refractivity contribution in [1.29, 1.82) is 0 Å². The molecule has 0 aliphatic carbocycles. The average Bonchev–Trinajstić information content (AvgIpc) is 3.46. The van der Waals surface area contributed by atoms with Gasteiger partial charge in [-0.05, 0) is 24.4 Å². The van der Waals surface area contributed by atoms with Crippen LogP contribution in [-0.2, 0) is 14.8 Å². The van der Waals surface area contributed by atoms with Crippen molar-refractivity contribution in [3.05, 3.63) is 44.7 Å². The normalized spacial score (nSPS) is 14.1. The Kier molecular flexibility index (Phi) is 6.48. The van der Waals surface area contributed by atoms with Crippen LogP contribution in [0.4, 0.5) is 11.6 Å². The molecule has 1 aliphatic heterocycles. The van der Waals surface area contributed by atoms with Crippen LogP contribution in [0.15, 0.2) is 33.0 Å². The number of nitrogens with zero attached hydrogens (tertiary/aromatic N) is 1. The summed E-state index contributed by atoms with van der Waals surface area (Å²) >= 11 is 6.78. The maximum Gasteiger partial charge on any atom is 0.505 e. The number of benzene rings is 1. The first kappa shape index (κ1) is 24.9. The third kappa shape index (κ3) is 4.95. The Morgan fingerprint density at radius 3 is 2.57 bits per heavy atom. The lowest BCUT2D eigenvalue weighted by atomic mass is 10.1. The van der Waals surface area contributed by atoms with Crippen molar-refractivity contribution in [1.82, 2.24) is 5.16 Å². The number of fused-ring (bicyclic) bond motifs is 1. The number of halogens is 1. The number of aromatic nitrogens is 1. The maximum absolute atomic E-state index is 13.1. The number of methoxy groups -OCH3 is 1. The predicted molar refractivity (Wildman–Crippen MR) is 120 cm³/mol. The van der Waals surface area contributed by atoms with Crippen LogP contribution in [0.2, 0.25) is 5.02 Å². The Balaban J connectivity index is 1.66. The molecule has 2 aromatic heterocycles. The number of ether oxygens (including phenoxy) is 3. The summed E-state index contributed by atoms with van der Waals surface area (Å²) in [4.78, 5) is 25.0. The largest absolute Gasteiger partial charge is 0.505 e. The van der Waals surface area contributed by atoms with E-state index in [0.29, 0.717) is 0 Å². The number of carbonyl (C=O) groups is 2. The van der Waals surface area contributed by atoms with Gasteiger partial charge in [-0.1, -0.05) is 16.8 Å². The van der Waals surface area contributed by atoms with Crippen LogP contribution in [0.1, 0.15) is 25.7 Å². The average molecular weight is 546 g/mol. The molecule has 1 aliphatic rings. The second-order valence-electron chi connectivity index (χ2n) is 7.04. The van der Waals surface area contributed by atoms with Gasteiger partial charge >= 0.3 is 6.16 Å². The Hall–Kier alpha value is -3.21. The minimum Gasteiger partial charge on any atom is -0.403 e. The van der Waals surface area contributed by atoms with Gasteiger partial charge in [-0.25, -0.2) is 13.1 Å². The number of rotatable bonds is 8. The van der Waals surface area contributed by atoms with Crippen molar-refractivity contribution in [3.8, 4) is 11.5 Å². The van der Waals surface area contributed by atoms with Crippen molar-refractivity contribution in [2.45, 2.75) is 18.0 Å². The van der Waals surface area contributed by atoms with Crippen LogP contribution >= 0.6 is 22.9 Å². The summed E-state index contributed by atoms with van der Waals surface area (Å²) in [6, 6.07) is 3.45. The summed E-state index contributed by atoms with van der Waals surface area (Å²) in [5.41, 5.74) is 0.0393. The lowest BCUT2D eigenvalue weighted by molar-refractivity contribution is -0.385. The number of ketones is 1. The quantitative estimate of drug-likeness (QED) is 0.239. The highest BCUT2D eigenvalue weighted by atomic mass is 35.5. The van der Waals surface area contributed by atoms with Crippen LogP contribution in [-0.4, -0.2) is 55.4 Å². The molecular weight excluding hydrogens is 530 g/mol. The zero-order valence-corrected chi connectivity index (χ0v) is 20.2. The van der Waals surface area contributed by atoms with E-state index in [2.05, 4.69) is 15.2 Å². The number of amides is 1. The molecule has 0 bridgehead atoms. The Labute approximate surface area is 206 Å². The van der Waals surface area contributed by atoms with Gasteiger partial charge in [0.2, 0.25) is 0 Å². The molecule has 16 heteroatoms. The molecule has 4 N–H and O–H groups in total. The first-order valence-electron chi connectivity index (χ1n) is 9.48. The van der Waals surface area contributed by atoms with E-state index in [9.17, 15) is 28.2 Å². The second-order valence-corrected chi connectivity index (χ2v) is 9.98. The molecule has 3 heterocycles. The van der Waals surface area contributed by atoms with Crippen LogP contribution < -0.4 is 19.5 Å². The van der Waals surface area contributed by atoms with E-state index in [-0.39, 0.29) is 55.7 Å². The standard InChI is InChI=1S/C19H16ClN3O10S2/c1-8-15(20)18(33-22-8)23-35(28,29)14-3-4-34-16(14)17(25)21-10-6-13-12(31-19(26,27)32-13)5-9(10)11(24)7-30-2/h3-6,23,26-27H,7H2,1-2H3,(H,21,25). The minimum atomic E-state index is -4.32. The highest BCUT2D eigenvalue weighted by molar-refractivity contribution is 7.93. The third-order valence-electron chi connectivity index (χ3n) is 4.54. The van der Waals surface area contributed by atoms with Crippen LogP contribution in [0, 0.1) is 6.92 Å². The SMILES string of the molecule is COCC(=O)c1cc2c(cc1NC(=O)c1sccc1S(=O)(=O)Nc1onc(C)c1Cl)OC(O)(O)O2. The number of thiophene rings is 1. The number of aliphatic hydroxyl groups is 2. The van der Waals surface area contributed by atoms with Gasteiger partial charge in [0.15, 0.2) is 17.3 Å². The number of hydrogen-bond donors (Lipinski definition) is 4. The maximum atomic E-state index is 13.1. The third-order valence-corrected chi connectivity index (χ3v) is 7.40. The molecule has 1 aromatic carbocycles.